The molecule has 1 aliphatic carbocycles. The number of carbonyl (C=O) groups excluding carboxylic acids is 2. The van der Waals surface area contributed by atoms with Gasteiger partial charge in [-0.15, -0.1) is 0 Å². The normalized spacial score (nSPS) is 23.5. The van der Waals surface area contributed by atoms with Crippen molar-refractivity contribution in [1.82, 2.24) is 10.6 Å². The summed E-state index contributed by atoms with van der Waals surface area (Å²) in [5.74, 6) is 0.633. The van der Waals surface area contributed by atoms with E-state index < -0.39 is 0 Å². The molecule has 3 rings (SSSR count). The van der Waals surface area contributed by atoms with Gasteiger partial charge in [-0.1, -0.05) is 26.0 Å². The Morgan fingerprint density at radius 1 is 1.03 bits per heavy atom. The number of benzene rings is 1. The molecule has 0 aromatic heterocycles. The number of nitrogens with zero attached hydrogens (tertiary/aromatic N) is 1. The molecule has 0 bridgehead atoms. The van der Waals surface area contributed by atoms with Crippen LogP contribution in [-0.2, 0) is 9.53 Å². The molecule has 1 atom stereocenters. The third kappa shape index (κ3) is 5.72. The van der Waals surface area contributed by atoms with Crippen LogP contribution in [0.5, 0.6) is 0 Å². The van der Waals surface area contributed by atoms with Crippen LogP contribution in [0.15, 0.2) is 24.3 Å². The van der Waals surface area contributed by atoms with Crippen LogP contribution in [0.4, 0.5) is 5.69 Å². The van der Waals surface area contributed by atoms with Gasteiger partial charge >= 0.3 is 0 Å². The number of carbonyl (C=O) groups is 2. The predicted molar refractivity (Wildman–Crippen MR) is 115 cm³/mol. The Hall–Kier alpha value is -2.08. The van der Waals surface area contributed by atoms with Crippen LogP contribution >= 0.6 is 0 Å². The first-order valence-electron chi connectivity index (χ1n) is 11.0. The minimum atomic E-state index is -0.0200. The van der Waals surface area contributed by atoms with Crippen LogP contribution in [0.2, 0.25) is 0 Å². The van der Waals surface area contributed by atoms with Crippen molar-refractivity contribution < 1.29 is 14.3 Å². The number of rotatable bonds is 6. The number of amides is 2. The number of nitrogens with one attached hydrogen (secondary N) is 2. The topological polar surface area (TPSA) is 70.7 Å². The molecule has 0 unspecified atom stereocenters. The Labute approximate surface area is 174 Å². The van der Waals surface area contributed by atoms with Crippen molar-refractivity contribution in [2.75, 3.05) is 31.2 Å². The van der Waals surface area contributed by atoms with Gasteiger partial charge in [-0.25, -0.2) is 0 Å². The number of hydrogen-bond acceptors (Lipinski definition) is 4. The molecule has 2 amide bonds. The third-order valence-electron chi connectivity index (χ3n) is 6.30. The van der Waals surface area contributed by atoms with Gasteiger partial charge < -0.3 is 20.3 Å². The van der Waals surface area contributed by atoms with E-state index in [2.05, 4.69) is 36.3 Å². The summed E-state index contributed by atoms with van der Waals surface area (Å²) < 4.78 is 5.43. The van der Waals surface area contributed by atoms with Gasteiger partial charge in [0.15, 0.2) is 0 Å². The summed E-state index contributed by atoms with van der Waals surface area (Å²) in [7, 11) is 0. The van der Waals surface area contributed by atoms with Crippen molar-refractivity contribution in [3.8, 4) is 0 Å². The summed E-state index contributed by atoms with van der Waals surface area (Å²) in [6.45, 7) is 9.28. The third-order valence-corrected chi connectivity index (χ3v) is 6.30. The molecule has 29 heavy (non-hydrogen) atoms. The first-order chi connectivity index (χ1) is 14.0. The first kappa shape index (κ1) is 21.6. The molecule has 1 aliphatic heterocycles. The maximum absolute atomic E-state index is 13.0. The summed E-state index contributed by atoms with van der Waals surface area (Å²) in [6.07, 6.45) is 3.35. The monoisotopic (exact) mass is 401 g/mol. The largest absolute Gasteiger partial charge is 0.378 e. The van der Waals surface area contributed by atoms with E-state index in [-0.39, 0.29) is 29.8 Å². The second-order valence-corrected chi connectivity index (χ2v) is 8.68. The Bertz CT molecular complexity index is 692. The highest BCUT2D eigenvalue weighted by molar-refractivity contribution is 6.00. The number of para-hydroxylation sites is 1. The van der Waals surface area contributed by atoms with Crippen LogP contribution in [0.3, 0.4) is 0 Å². The molecule has 1 heterocycles. The van der Waals surface area contributed by atoms with Gasteiger partial charge in [0.1, 0.15) is 0 Å². The maximum Gasteiger partial charge on any atom is 0.253 e. The zero-order valence-corrected chi connectivity index (χ0v) is 17.9. The fraction of sp³-hybridized carbons (Fsp3) is 0.652. The highest BCUT2D eigenvalue weighted by Crippen LogP contribution is 2.26. The Balaban J connectivity index is 1.53. The van der Waals surface area contributed by atoms with E-state index in [1.807, 2.05) is 24.3 Å². The fourth-order valence-electron chi connectivity index (χ4n) is 4.02. The van der Waals surface area contributed by atoms with Crippen LogP contribution in [0.25, 0.3) is 0 Å². The van der Waals surface area contributed by atoms with Crippen molar-refractivity contribution in [2.45, 2.75) is 58.5 Å². The van der Waals surface area contributed by atoms with E-state index in [0.717, 1.165) is 50.0 Å². The van der Waals surface area contributed by atoms with Gasteiger partial charge in [0.25, 0.3) is 5.91 Å². The van der Waals surface area contributed by atoms with Crippen molar-refractivity contribution in [3.63, 3.8) is 0 Å². The lowest BCUT2D eigenvalue weighted by atomic mass is 9.85. The molecule has 2 N–H and O–H groups in total. The van der Waals surface area contributed by atoms with Gasteiger partial charge in [0.2, 0.25) is 5.91 Å². The van der Waals surface area contributed by atoms with Crippen molar-refractivity contribution in [3.05, 3.63) is 29.8 Å². The maximum atomic E-state index is 13.0. The highest BCUT2D eigenvalue weighted by atomic mass is 16.5. The van der Waals surface area contributed by atoms with Crippen LogP contribution in [-0.4, -0.2) is 50.2 Å². The average molecular weight is 402 g/mol. The lowest BCUT2D eigenvalue weighted by Crippen LogP contribution is -2.44. The Morgan fingerprint density at radius 3 is 2.34 bits per heavy atom. The molecule has 1 saturated heterocycles. The zero-order valence-electron chi connectivity index (χ0n) is 17.9. The summed E-state index contributed by atoms with van der Waals surface area (Å²) in [4.78, 5) is 27.7. The minimum Gasteiger partial charge on any atom is -0.378 e. The molecular formula is C23H35N3O3. The molecule has 6 nitrogen and oxygen atoms in total. The lowest BCUT2D eigenvalue weighted by molar-refractivity contribution is -0.126. The summed E-state index contributed by atoms with van der Waals surface area (Å²) in [5, 5.41) is 6.34. The molecule has 1 aromatic rings. The minimum absolute atomic E-state index is 0.0200. The lowest BCUT2D eigenvalue weighted by Gasteiger charge is -2.32. The summed E-state index contributed by atoms with van der Waals surface area (Å²) >= 11 is 0. The van der Waals surface area contributed by atoms with E-state index in [1.54, 1.807) is 0 Å². The number of ether oxygens (including phenoxy) is 1. The van der Waals surface area contributed by atoms with E-state index in [4.69, 9.17) is 4.74 Å². The number of hydrogen-bond donors (Lipinski definition) is 2. The second kappa shape index (κ2) is 10.1. The average Bonchev–Trinajstić information content (AvgIpc) is 2.74. The quantitative estimate of drug-likeness (QED) is 0.769. The van der Waals surface area contributed by atoms with E-state index in [9.17, 15) is 9.59 Å². The summed E-state index contributed by atoms with van der Waals surface area (Å²) in [6, 6.07) is 8.12. The van der Waals surface area contributed by atoms with Gasteiger partial charge in [0, 0.05) is 36.8 Å². The molecule has 1 saturated carbocycles. The standard InChI is InChI=1S/C23H35N3O3/c1-16(2)17(3)24-22(27)18-8-10-19(11-9-18)25-23(28)20-6-4-5-7-21(20)26-12-14-29-15-13-26/h4-7,16-19H,8-15H2,1-3H3,(H,24,27)(H,25,28)/t17-,18?,19?/m0/s1. The Morgan fingerprint density at radius 2 is 1.69 bits per heavy atom. The van der Waals surface area contributed by atoms with Crippen molar-refractivity contribution in [1.29, 1.82) is 0 Å². The van der Waals surface area contributed by atoms with Crippen LogP contribution in [0.1, 0.15) is 56.8 Å². The van der Waals surface area contributed by atoms with Gasteiger partial charge in [-0.3, -0.25) is 9.59 Å². The van der Waals surface area contributed by atoms with Gasteiger partial charge in [-0.2, -0.15) is 0 Å². The number of anilines is 1. The molecule has 2 aliphatic rings. The second-order valence-electron chi connectivity index (χ2n) is 8.68. The van der Waals surface area contributed by atoms with Gasteiger partial charge in [-0.05, 0) is 50.7 Å². The van der Waals surface area contributed by atoms with E-state index >= 15 is 0 Å². The molecule has 2 fully saturated rings. The Kier molecular flexibility index (Phi) is 7.53. The van der Waals surface area contributed by atoms with Gasteiger partial charge in [0.05, 0.1) is 18.8 Å². The molecule has 160 valence electrons. The highest BCUT2D eigenvalue weighted by Gasteiger charge is 2.29. The van der Waals surface area contributed by atoms with E-state index in [1.165, 1.54) is 0 Å². The van der Waals surface area contributed by atoms with Crippen LogP contribution < -0.4 is 15.5 Å². The smallest absolute Gasteiger partial charge is 0.253 e. The summed E-state index contributed by atoms with van der Waals surface area (Å²) in [5.41, 5.74) is 1.70. The molecule has 0 spiro atoms. The molecule has 6 heteroatoms. The number of morpholine rings is 1. The SMILES string of the molecule is CC(C)[C@H](C)NC(=O)C1CCC(NC(=O)c2ccccc2N2CCOCC2)CC1. The molecule has 1 aromatic carbocycles. The molecular weight excluding hydrogens is 366 g/mol. The van der Waals surface area contributed by atoms with Crippen LogP contribution in [0, 0.1) is 11.8 Å². The first-order valence-corrected chi connectivity index (χ1v) is 11.0. The van der Waals surface area contributed by atoms with Crippen molar-refractivity contribution in [2.24, 2.45) is 11.8 Å². The van der Waals surface area contributed by atoms with Crippen molar-refractivity contribution >= 4 is 17.5 Å². The zero-order chi connectivity index (χ0) is 20.8. The van der Waals surface area contributed by atoms with E-state index in [0.29, 0.717) is 19.1 Å². The molecule has 0 radical (unpaired) electrons. The fourth-order valence-corrected chi connectivity index (χ4v) is 4.02. The predicted octanol–water partition coefficient (Wildman–Crippen LogP) is 2.97.